The van der Waals surface area contributed by atoms with E-state index in [1.54, 1.807) is 27.8 Å². The van der Waals surface area contributed by atoms with Gasteiger partial charge in [-0.25, -0.2) is 12.7 Å². The Hall–Kier alpha value is -0.920. The van der Waals surface area contributed by atoms with Crippen LogP contribution in [0.3, 0.4) is 0 Å². The van der Waals surface area contributed by atoms with E-state index >= 15 is 0 Å². The molecule has 0 saturated carbocycles. The van der Waals surface area contributed by atoms with Crippen molar-refractivity contribution in [3.05, 3.63) is 17.0 Å². The molecule has 7 heteroatoms. The molecule has 1 aromatic heterocycles. The molecule has 0 radical (unpaired) electrons. The summed E-state index contributed by atoms with van der Waals surface area (Å²) in [5.41, 5.74) is 1.53. The van der Waals surface area contributed by atoms with Gasteiger partial charge in [-0.1, -0.05) is 5.16 Å². The molecule has 1 atom stereocenters. The summed E-state index contributed by atoms with van der Waals surface area (Å²) in [7, 11) is -0.303. The number of sulfonamides is 1. The van der Waals surface area contributed by atoms with Crippen LogP contribution in [0.15, 0.2) is 4.52 Å². The Balaban J connectivity index is 2.79. The number of methoxy groups -OCH3 is 1. The third kappa shape index (κ3) is 3.54. The van der Waals surface area contributed by atoms with Gasteiger partial charge in [0.25, 0.3) is 0 Å². The van der Waals surface area contributed by atoms with Gasteiger partial charge in [0.2, 0.25) is 10.0 Å². The molecule has 0 N–H and O–H groups in total. The summed E-state index contributed by atoms with van der Waals surface area (Å²) in [4.78, 5) is 0. The molecular weight excluding hydrogens is 256 g/mol. The first-order valence-corrected chi connectivity index (χ1v) is 7.27. The molecule has 0 aliphatic heterocycles. The quantitative estimate of drug-likeness (QED) is 0.777. The highest BCUT2D eigenvalue weighted by molar-refractivity contribution is 7.89. The molecule has 0 saturated heterocycles. The zero-order valence-corrected chi connectivity index (χ0v) is 12.2. The van der Waals surface area contributed by atoms with Crippen LogP contribution in [0.4, 0.5) is 0 Å². The smallest absolute Gasteiger partial charge is 0.216 e. The Morgan fingerprint density at radius 2 is 2.06 bits per heavy atom. The van der Waals surface area contributed by atoms with Crippen LogP contribution in [0.1, 0.15) is 23.9 Å². The molecule has 1 heterocycles. The molecule has 1 unspecified atom stereocenters. The van der Waals surface area contributed by atoms with E-state index in [9.17, 15) is 8.42 Å². The van der Waals surface area contributed by atoms with Crippen LogP contribution >= 0.6 is 0 Å². The van der Waals surface area contributed by atoms with Gasteiger partial charge in [-0.3, -0.25) is 0 Å². The van der Waals surface area contributed by atoms with Crippen molar-refractivity contribution in [3.63, 3.8) is 0 Å². The SMILES string of the molecule is COC(C)CS(=O)(=O)N(C)Cc1c(C)noc1C. The van der Waals surface area contributed by atoms with Crippen molar-refractivity contribution < 1.29 is 17.7 Å². The first-order valence-electron chi connectivity index (χ1n) is 5.66. The van der Waals surface area contributed by atoms with E-state index in [0.717, 1.165) is 5.56 Å². The van der Waals surface area contributed by atoms with Crippen molar-refractivity contribution in [1.82, 2.24) is 9.46 Å². The lowest BCUT2D eigenvalue weighted by Crippen LogP contribution is -2.33. The van der Waals surface area contributed by atoms with Crippen LogP contribution < -0.4 is 0 Å². The minimum absolute atomic E-state index is 0.0383. The third-order valence-corrected chi connectivity index (χ3v) is 4.85. The summed E-state index contributed by atoms with van der Waals surface area (Å²) in [6.07, 6.45) is -0.331. The number of aromatic nitrogens is 1. The van der Waals surface area contributed by atoms with Crippen LogP contribution in [0.25, 0.3) is 0 Å². The van der Waals surface area contributed by atoms with Gasteiger partial charge in [-0.2, -0.15) is 0 Å². The van der Waals surface area contributed by atoms with Gasteiger partial charge >= 0.3 is 0 Å². The van der Waals surface area contributed by atoms with E-state index in [1.807, 2.05) is 0 Å². The molecule has 0 aromatic carbocycles. The zero-order chi connectivity index (χ0) is 13.9. The largest absolute Gasteiger partial charge is 0.381 e. The number of ether oxygens (including phenoxy) is 1. The Labute approximate surface area is 108 Å². The van der Waals surface area contributed by atoms with Gasteiger partial charge in [-0.15, -0.1) is 0 Å². The molecule has 18 heavy (non-hydrogen) atoms. The van der Waals surface area contributed by atoms with Gasteiger partial charge in [-0.05, 0) is 20.8 Å². The standard InChI is InChI=1S/C11H20N2O4S/c1-8(16-5)7-18(14,15)13(4)6-11-9(2)12-17-10(11)3/h8H,6-7H2,1-5H3. The first kappa shape index (κ1) is 15.1. The van der Waals surface area contributed by atoms with Crippen molar-refractivity contribution >= 4 is 10.0 Å². The van der Waals surface area contributed by atoms with Crippen LogP contribution in [0.5, 0.6) is 0 Å². The van der Waals surface area contributed by atoms with Crippen molar-refractivity contribution in [3.8, 4) is 0 Å². The summed E-state index contributed by atoms with van der Waals surface area (Å²) in [6.45, 7) is 5.55. The number of nitrogens with zero attached hydrogens (tertiary/aromatic N) is 2. The summed E-state index contributed by atoms with van der Waals surface area (Å²) in [6, 6.07) is 0. The zero-order valence-electron chi connectivity index (χ0n) is 11.4. The minimum Gasteiger partial charge on any atom is -0.381 e. The number of rotatable bonds is 6. The lowest BCUT2D eigenvalue weighted by molar-refractivity contribution is 0.135. The fraction of sp³-hybridized carbons (Fsp3) is 0.727. The van der Waals surface area contributed by atoms with E-state index in [-0.39, 0.29) is 18.4 Å². The molecular formula is C11H20N2O4S. The minimum atomic E-state index is -3.34. The fourth-order valence-corrected chi connectivity index (χ4v) is 2.85. The van der Waals surface area contributed by atoms with E-state index in [4.69, 9.17) is 9.26 Å². The van der Waals surface area contributed by atoms with E-state index in [2.05, 4.69) is 5.16 Å². The van der Waals surface area contributed by atoms with Gasteiger partial charge < -0.3 is 9.26 Å². The second-order valence-electron chi connectivity index (χ2n) is 4.38. The highest BCUT2D eigenvalue weighted by Gasteiger charge is 2.23. The Bertz CT molecular complexity index is 476. The van der Waals surface area contributed by atoms with Crippen molar-refractivity contribution in [2.24, 2.45) is 0 Å². The summed E-state index contributed by atoms with van der Waals surface area (Å²) < 4.78 is 35.4. The molecule has 1 rings (SSSR count). The normalized spacial score (nSPS) is 14.1. The van der Waals surface area contributed by atoms with E-state index in [1.165, 1.54) is 11.4 Å². The van der Waals surface area contributed by atoms with E-state index in [0.29, 0.717) is 11.5 Å². The molecule has 0 bridgehead atoms. The average molecular weight is 276 g/mol. The molecule has 0 spiro atoms. The lowest BCUT2D eigenvalue weighted by Gasteiger charge is -2.19. The second-order valence-corrected chi connectivity index (χ2v) is 6.50. The van der Waals surface area contributed by atoms with Crippen molar-refractivity contribution in [1.29, 1.82) is 0 Å². The monoisotopic (exact) mass is 276 g/mol. The maximum absolute atomic E-state index is 12.0. The first-order chi connectivity index (χ1) is 8.27. The van der Waals surface area contributed by atoms with Crippen LogP contribution in [-0.4, -0.2) is 43.9 Å². The van der Waals surface area contributed by atoms with Gasteiger partial charge in [0, 0.05) is 26.3 Å². The molecule has 0 amide bonds. The summed E-state index contributed by atoms with van der Waals surface area (Å²) in [5, 5.41) is 3.81. The van der Waals surface area contributed by atoms with Gasteiger partial charge in [0.05, 0.1) is 17.6 Å². The Morgan fingerprint density at radius 3 is 2.50 bits per heavy atom. The Morgan fingerprint density at radius 1 is 1.44 bits per heavy atom. The second kappa shape index (κ2) is 5.81. The highest BCUT2D eigenvalue weighted by Crippen LogP contribution is 2.16. The topological polar surface area (TPSA) is 72.6 Å². The maximum atomic E-state index is 12.0. The van der Waals surface area contributed by atoms with Gasteiger partial charge in [0.1, 0.15) is 5.76 Å². The fourth-order valence-electron chi connectivity index (χ4n) is 1.54. The van der Waals surface area contributed by atoms with Crippen molar-refractivity contribution in [2.45, 2.75) is 33.4 Å². The Kier molecular flexibility index (Phi) is 4.89. The average Bonchev–Trinajstić information content (AvgIpc) is 2.60. The molecule has 0 aliphatic carbocycles. The molecule has 6 nitrogen and oxygen atoms in total. The highest BCUT2D eigenvalue weighted by atomic mass is 32.2. The predicted molar refractivity (Wildman–Crippen MR) is 67.7 cm³/mol. The number of hydrogen-bond acceptors (Lipinski definition) is 5. The molecule has 104 valence electrons. The molecule has 0 fully saturated rings. The van der Waals surface area contributed by atoms with Crippen LogP contribution in [0, 0.1) is 13.8 Å². The summed E-state index contributed by atoms with van der Waals surface area (Å²) in [5.74, 6) is 0.609. The van der Waals surface area contributed by atoms with Crippen LogP contribution in [-0.2, 0) is 21.3 Å². The van der Waals surface area contributed by atoms with Gasteiger partial charge in [0.15, 0.2) is 0 Å². The number of hydrogen-bond donors (Lipinski definition) is 0. The summed E-state index contributed by atoms with van der Waals surface area (Å²) >= 11 is 0. The molecule has 0 aliphatic rings. The molecule has 1 aromatic rings. The van der Waals surface area contributed by atoms with Crippen LogP contribution in [0.2, 0.25) is 0 Å². The lowest BCUT2D eigenvalue weighted by atomic mass is 10.2. The number of aryl methyl sites for hydroxylation is 2. The third-order valence-electron chi connectivity index (χ3n) is 2.88. The van der Waals surface area contributed by atoms with E-state index < -0.39 is 10.0 Å². The van der Waals surface area contributed by atoms with Crippen molar-refractivity contribution in [2.75, 3.05) is 19.9 Å². The predicted octanol–water partition coefficient (Wildman–Crippen LogP) is 1.09. The maximum Gasteiger partial charge on any atom is 0.216 e.